The molecule has 100 valence electrons. The second-order valence-corrected chi connectivity index (χ2v) is 5.30. The Hall–Kier alpha value is -0.610. The van der Waals surface area contributed by atoms with Gasteiger partial charge in [-0.2, -0.15) is 0 Å². The van der Waals surface area contributed by atoms with E-state index in [1.807, 2.05) is 14.0 Å². The van der Waals surface area contributed by atoms with E-state index in [-0.39, 0.29) is 0 Å². The molecule has 0 radical (unpaired) electrons. The number of nitrogens with zero attached hydrogens (tertiary/aromatic N) is 1. The van der Waals surface area contributed by atoms with Crippen molar-refractivity contribution in [3.63, 3.8) is 0 Å². The van der Waals surface area contributed by atoms with Gasteiger partial charge in [0.25, 0.3) is 0 Å². The first-order valence-corrected chi connectivity index (χ1v) is 6.71. The number of likely N-dealkylation sites (N-methyl/N-ethyl adjacent to an activating group) is 2. The van der Waals surface area contributed by atoms with Gasteiger partial charge in [0.1, 0.15) is 6.04 Å². The number of hydrogen-bond donors (Lipinski definition) is 2. The van der Waals surface area contributed by atoms with Crippen molar-refractivity contribution >= 4 is 5.97 Å². The number of carbonyl (C=O) groups is 1. The molecule has 0 aromatic rings. The summed E-state index contributed by atoms with van der Waals surface area (Å²) in [6, 6.07) is 0.121. The fourth-order valence-electron chi connectivity index (χ4n) is 2.60. The van der Waals surface area contributed by atoms with Crippen molar-refractivity contribution in [1.82, 2.24) is 10.2 Å². The van der Waals surface area contributed by atoms with Crippen LogP contribution >= 0.6 is 0 Å². The van der Waals surface area contributed by atoms with Crippen molar-refractivity contribution in [1.29, 1.82) is 0 Å². The Morgan fingerprint density at radius 1 is 1.41 bits per heavy atom. The van der Waals surface area contributed by atoms with E-state index in [9.17, 15) is 4.79 Å². The summed E-state index contributed by atoms with van der Waals surface area (Å²) in [4.78, 5) is 13.3. The molecule has 1 aliphatic carbocycles. The maximum atomic E-state index is 11.1. The van der Waals surface area contributed by atoms with Crippen LogP contribution < -0.4 is 5.32 Å². The molecule has 17 heavy (non-hydrogen) atoms. The van der Waals surface area contributed by atoms with E-state index < -0.39 is 12.0 Å². The van der Waals surface area contributed by atoms with Gasteiger partial charge >= 0.3 is 5.97 Å². The molecule has 2 N–H and O–H groups in total. The number of carboxylic acids is 1. The standard InChI is InChI=1S/C13H26N2O2/c1-4-14-12(13(16)17)9-15(3)11-7-5-10(2)6-8-11/h10-12,14H,4-9H2,1-3H3,(H,16,17). The van der Waals surface area contributed by atoms with Gasteiger partial charge in [0, 0.05) is 12.6 Å². The lowest BCUT2D eigenvalue weighted by Gasteiger charge is -2.34. The maximum Gasteiger partial charge on any atom is 0.322 e. The quantitative estimate of drug-likeness (QED) is 0.742. The van der Waals surface area contributed by atoms with Crippen LogP contribution in [0.3, 0.4) is 0 Å². The van der Waals surface area contributed by atoms with Crippen molar-refractivity contribution in [2.24, 2.45) is 5.92 Å². The van der Waals surface area contributed by atoms with Gasteiger partial charge in [-0.1, -0.05) is 13.8 Å². The molecule has 0 aliphatic heterocycles. The van der Waals surface area contributed by atoms with Gasteiger partial charge in [0.2, 0.25) is 0 Å². The highest BCUT2D eigenvalue weighted by atomic mass is 16.4. The second-order valence-electron chi connectivity index (χ2n) is 5.30. The van der Waals surface area contributed by atoms with Crippen LogP contribution in [-0.2, 0) is 4.79 Å². The van der Waals surface area contributed by atoms with E-state index in [1.54, 1.807) is 0 Å². The van der Waals surface area contributed by atoms with E-state index in [1.165, 1.54) is 25.7 Å². The zero-order valence-corrected chi connectivity index (χ0v) is 11.3. The van der Waals surface area contributed by atoms with Gasteiger partial charge in [-0.3, -0.25) is 4.79 Å². The third-order valence-corrected chi connectivity index (χ3v) is 3.83. The summed E-state index contributed by atoms with van der Waals surface area (Å²) in [6.45, 7) is 5.54. The minimum Gasteiger partial charge on any atom is -0.480 e. The Kier molecular flexibility index (Phi) is 5.92. The van der Waals surface area contributed by atoms with Crippen molar-refractivity contribution in [3.8, 4) is 0 Å². The molecule has 1 unspecified atom stereocenters. The molecular weight excluding hydrogens is 216 g/mol. The average Bonchev–Trinajstić information content (AvgIpc) is 2.29. The zero-order valence-electron chi connectivity index (χ0n) is 11.3. The minimum absolute atomic E-state index is 0.440. The average molecular weight is 242 g/mol. The van der Waals surface area contributed by atoms with E-state index in [0.29, 0.717) is 19.1 Å². The van der Waals surface area contributed by atoms with Gasteiger partial charge in [-0.05, 0) is 45.2 Å². The normalized spacial score (nSPS) is 27.1. The lowest BCUT2D eigenvalue weighted by atomic mass is 9.86. The van der Waals surface area contributed by atoms with Gasteiger partial charge < -0.3 is 15.3 Å². The maximum absolute atomic E-state index is 11.1. The van der Waals surface area contributed by atoms with E-state index in [0.717, 1.165) is 5.92 Å². The van der Waals surface area contributed by atoms with Crippen molar-refractivity contribution < 1.29 is 9.90 Å². The summed E-state index contributed by atoms with van der Waals surface area (Å²) < 4.78 is 0. The Labute approximate surface area is 104 Å². The molecule has 0 aromatic carbocycles. The molecule has 0 bridgehead atoms. The Bertz CT molecular complexity index is 238. The van der Waals surface area contributed by atoms with Gasteiger partial charge in [-0.15, -0.1) is 0 Å². The summed E-state index contributed by atoms with van der Waals surface area (Å²) in [6.07, 6.45) is 4.95. The smallest absolute Gasteiger partial charge is 0.322 e. The molecule has 4 nitrogen and oxygen atoms in total. The minimum atomic E-state index is -0.747. The monoisotopic (exact) mass is 242 g/mol. The molecule has 0 saturated heterocycles. The van der Waals surface area contributed by atoms with Crippen molar-refractivity contribution in [2.45, 2.75) is 51.6 Å². The fourth-order valence-corrected chi connectivity index (χ4v) is 2.60. The Morgan fingerprint density at radius 2 is 2.00 bits per heavy atom. The SMILES string of the molecule is CCNC(CN(C)C1CCC(C)CC1)C(=O)O. The molecule has 0 amide bonds. The number of carboxylic acid groups (broad SMARTS) is 1. The predicted octanol–water partition coefficient (Wildman–Crippen LogP) is 1.56. The molecule has 4 heteroatoms. The van der Waals surface area contributed by atoms with Crippen LogP contribution in [0.25, 0.3) is 0 Å². The first-order chi connectivity index (χ1) is 8.04. The molecule has 1 fully saturated rings. The third kappa shape index (κ3) is 4.64. The van der Waals surface area contributed by atoms with Crippen LogP contribution in [0.4, 0.5) is 0 Å². The van der Waals surface area contributed by atoms with Gasteiger partial charge in [0.15, 0.2) is 0 Å². The molecular formula is C13H26N2O2. The lowest BCUT2D eigenvalue weighted by Crippen LogP contribution is -2.48. The van der Waals surface area contributed by atoms with E-state index >= 15 is 0 Å². The van der Waals surface area contributed by atoms with Crippen LogP contribution in [0.1, 0.15) is 39.5 Å². The molecule has 1 atom stereocenters. The van der Waals surface area contributed by atoms with Crippen LogP contribution in [-0.4, -0.2) is 48.2 Å². The van der Waals surface area contributed by atoms with Gasteiger partial charge in [0.05, 0.1) is 0 Å². The summed E-state index contributed by atoms with van der Waals surface area (Å²) in [5, 5.41) is 12.1. The molecule has 0 aromatic heterocycles. The molecule has 1 saturated carbocycles. The highest BCUT2D eigenvalue weighted by Crippen LogP contribution is 2.26. The fraction of sp³-hybridized carbons (Fsp3) is 0.923. The summed E-state index contributed by atoms with van der Waals surface area (Å²) in [5.74, 6) is 0.0894. The summed E-state index contributed by atoms with van der Waals surface area (Å²) in [5.41, 5.74) is 0. The van der Waals surface area contributed by atoms with Crippen LogP contribution in [0, 0.1) is 5.92 Å². The summed E-state index contributed by atoms with van der Waals surface area (Å²) in [7, 11) is 2.05. The second kappa shape index (κ2) is 6.97. The van der Waals surface area contributed by atoms with Crippen molar-refractivity contribution in [3.05, 3.63) is 0 Å². The largest absolute Gasteiger partial charge is 0.480 e. The van der Waals surface area contributed by atoms with Gasteiger partial charge in [-0.25, -0.2) is 0 Å². The first-order valence-electron chi connectivity index (χ1n) is 6.71. The molecule has 1 rings (SSSR count). The number of hydrogen-bond acceptors (Lipinski definition) is 3. The first kappa shape index (κ1) is 14.5. The van der Waals surface area contributed by atoms with E-state index in [2.05, 4.69) is 17.1 Å². The van der Waals surface area contributed by atoms with Crippen LogP contribution in [0.5, 0.6) is 0 Å². The van der Waals surface area contributed by atoms with Crippen molar-refractivity contribution in [2.75, 3.05) is 20.1 Å². The third-order valence-electron chi connectivity index (χ3n) is 3.83. The Morgan fingerprint density at radius 3 is 2.47 bits per heavy atom. The molecule has 0 spiro atoms. The lowest BCUT2D eigenvalue weighted by molar-refractivity contribution is -0.140. The molecule has 0 heterocycles. The molecule has 1 aliphatic rings. The highest BCUT2D eigenvalue weighted by Gasteiger charge is 2.25. The number of nitrogens with one attached hydrogen (secondary N) is 1. The number of aliphatic carboxylic acids is 1. The van der Waals surface area contributed by atoms with Crippen LogP contribution in [0.15, 0.2) is 0 Å². The zero-order chi connectivity index (χ0) is 12.8. The van der Waals surface area contributed by atoms with Crippen LogP contribution in [0.2, 0.25) is 0 Å². The summed E-state index contributed by atoms with van der Waals surface area (Å²) >= 11 is 0. The predicted molar refractivity (Wildman–Crippen MR) is 69.2 cm³/mol. The van der Waals surface area contributed by atoms with E-state index in [4.69, 9.17) is 5.11 Å². The highest BCUT2D eigenvalue weighted by molar-refractivity contribution is 5.73. The number of rotatable bonds is 6. The topological polar surface area (TPSA) is 52.6 Å². The Balaban J connectivity index is 2.40.